The first-order valence-electron chi connectivity index (χ1n) is 14.3. The van der Waals surface area contributed by atoms with Gasteiger partial charge in [-0.25, -0.2) is 4.68 Å². The van der Waals surface area contributed by atoms with Gasteiger partial charge in [-0.05, 0) is 72.0 Å². The number of ketones is 2. The molecule has 0 saturated carbocycles. The normalized spacial score (nSPS) is 13.9. The molecular formula is C36H31N3O4. The van der Waals surface area contributed by atoms with Crippen molar-refractivity contribution in [2.45, 2.75) is 32.6 Å². The molecule has 7 nitrogen and oxygen atoms in total. The summed E-state index contributed by atoms with van der Waals surface area (Å²) in [5, 5.41) is 5.63. The SMILES string of the molecule is COc1ccc(C(=O)c2c3c4c(c(-c5ccc(OC)cc5)cn4c4c2c(C)nn4-c2ccccc2)C(C)(C)CC3=O)cc1. The van der Waals surface area contributed by atoms with Crippen molar-refractivity contribution < 1.29 is 19.1 Å². The van der Waals surface area contributed by atoms with Crippen LogP contribution in [0.3, 0.4) is 0 Å². The van der Waals surface area contributed by atoms with Crippen LogP contribution in [0.2, 0.25) is 0 Å². The van der Waals surface area contributed by atoms with Gasteiger partial charge < -0.3 is 9.47 Å². The molecule has 3 aromatic heterocycles. The highest BCUT2D eigenvalue weighted by Gasteiger charge is 2.41. The number of hydrogen-bond donors (Lipinski definition) is 0. The van der Waals surface area contributed by atoms with Gasteiger partial charge in [-0.15, -0.1) is 0 Å². The van der Waals surface area contributed by atoms with Crippen LogP contribution in [0.15, 0.2) is 85.1 Å². The van der Waals surface area contributed by atoms with Crippen LogP contribution in [0.5, 0.6) is 11.5 Å². The van der Waals surface area contributed by atoms with Crippen molar-refractivity contribution in [3.8, 4) is 28.3 Å². The van der Waals surface area contributed by atoms with E-state index in [1.165, 1.54) is 0 Å². The van der Waals surface area contributed by atoms with Gasteiger partial charge in [0, 0.05) is 29.3 Å². The number of para-hydroxylation sites is 1. The highest BCUT2D eigenvalue weighted by Crippen LogP contribution is 2.48. The Morgan fingerprint density at radius 2 is 1.51 bits per heavy atom. The lowest BCUT2D eigenvalue weighted by Gasteiger charge is -2.31. The van der Waals surface area contributed by atoms with Crippen LogP contribution < -0.4 is 9.47 Å². The lowest BCUT2D eigenvalue weighted by atomic mass is 9.71. The fraction of sp³-hybridized carbons (Fsp3) is 0.194. The summed E-state index contributed by atoms with van der Waals surface area (Å²) in [6.45, 7) is 6.10. The van der Waals surface area contributed by atoms with E-state index in [1.807, 2.05) is 66.2 Å². The molecule has 0 aliphatic heterocycles. The Balaban J connectivity index is 1.66. The highest BCUT2D eigenvalue weighted by atomic mass is 16.5. The number of aromatic nitrogens is 3. The molecule has 0 radical (unpaired) electrons. The standard InChI is InChI=1S/C36H31N3O4/c1-21-29-31(34(41)23-13-17-26(43-5)18-14-23)30-28(40)19-36(2,3)32-27(22-11-15-25(42-4)16-12-22)20-38(33(30)32)35(29)39(37-21)24-9-7-6-8-10-24/h6-18,20H,19H2,1-5H3. The van der Waals surface area contributed by atoms with E-state index in [2.05, 4.69) is 24.4 Å². The van der Waals surface area contributed by atoms with Crippen LogP contribution in [-0.2, 0) is 5.41 Å². The number of aryl methyl sites for hydroxylation is 1. The Bertz CT molecular complexity index is 2070. The second kappa shape index (κ2) is 9.70. The lowest BCUT2D eigenvalue weighted by molar-refractivity contribution is 0.0943. The summed E-state index contributed by atoms with van der Waals surface area (Å²) in [6.07, 6.45) is 2.38. The predicted octanol–water partition coefficient (Wildman–Crippen LogP) is 7.37. The van der Waals surface area contributed by atoms with Crippen molar-refractivity contribution in [3.05, 3.63) is 113 Å². The number of ether oxygens (including phenoxy) is 2. The number of carbonyl (C=O) groups excluding carboxylic acids is 2. The third-order valence-electron chi connectivity index (χ3n) is 8.55. The summed E-state index contributed by atoms with van der Waals surface area (Å²) in [4.78, 5) is 28.7. The summed E-state index contributed by atoms with van der Waals surface area (Å²) in [6, 6.07) is 24.9. The maximum absolute atomic E-state index is 14.5. The third-order valence-corrected chi connectivity index (χ3v) is 8.55. The summed E-state index contributed by atoms with van der Waals surface area (Å²) in [7, 11) is 3.24. The molecule has 6 aromatic rings. The minimum atomic E-state index is -0.477. The van der Waals surface area contributed by atoms with Crippen LogP contribution >= 0.6 is 0 Å². The monoisotopic (exact) mass is 569 g/mol. The van der Waals surface area contributed by atoms with Crippen molar-refractivity contribution in [1.29, 1.82) is 0 Å². The fourth-order valence-electron chi connectivity index (χ4n) is 6.58. The fourth-order valence-corrected chi connectivity index (χ4v) is 6.58. The summed E-state index contributed by atoms with van der Waals surface area (Å²) in [5.74, 6) is 1.16. The highest BCUT2D eigenvalue weighted by molar-refractivity contribution is 6.26. The zero-order valence-electron chi connectivity index (χ0n) is 24.8. The second-order valence-electron chi connectivity index (χ2n) is 11.7. The van der Waals surface area contributed by atoms with Crippen LogP contribution in [0.4, 0.5) is 0 Å². The molecule has 1 aliphatic rings. The van der Waals surface area contributed by atoms with E-state index in [1.54, 1.807) is 38.5 Å². The van der Waals surface area contributed by atoms with Gasteiger partial charge in [0.2, 0.25) is 0 Å². The van der Waals surface area contributed by atoms with E-state index in [-0.39, 0.29) is 18.0 Å². The first kappa shape index (κ1) is 26.7. The van der Waals surface area contributed by atoms with Gasteiger partial charge in [-0.3, -0.25) is 14.0 Å². The molecule has 0 N–H and O–H groups in total. The van der Waals surface area contributed by atoms with Gasteiger partial charge >= 0.3 is 0 Å². The molecule has 0 atom stereocenters. The van der Waals surface area contributed by atoms with E-state index in [4.69, 9.17) is 14.6 Å². The minimum Gasteiger partial charge on any atom is -0.497 e. The Morgan fingerprint density at radius 1 is 0.884 bits per heavy atom. The zero-order valence-corrected chi connectivity index (χ0v) is 24.8. The lowest BCUT2D eigenvalue weighted by Crippen LogP contribution is -2.29. The number of benzene rings is 3. The largest absolute Gasteiger partial charge is 0.497 e. The quantitative estimate of drug-likeness (QED) is 0.196. The number of hydrogen-bond acceptors (Lipinski definition) is 5. The molecule has 7 rings (SSSR count). The Labute approximate surface area is 249 Å². The topological polar surface area (TPSA) is 74.8 Å². The van der Waals surface area contributed by atoms with Gasteiger partial charge in [0.05, 0.1) is 42.1 Å². The van der Waals surface area contributed by atoms with Crippen molar-refractivity contribution in [1.82, 2.24) is 14.2 Å². The Kier molecular flexibility index (Phi) is 6.02. The van der Waals surface area contributed by atoms with E-state index < -0.39 is 5.41 Å². The number of rotatable bonds is 6. The summed E-state index contributed by atoms with van der Waals surface area (Å²) in [5.41, 5.74) is 6.95. The molecule has 0 unspecified atom stereocenters. The van der Waals surface area contributed by atoms with Crippen LogP contribution in [0.25, 0.3) is 33.4 Å². The summed E-state index contributed by atoms with van der Waals surface area (Å²) >= 11 is 0. The maximum atomic E-state index is 14.5. The van der Waals surface area contributed by atoms with Crippen LogP contribution in [0, 0.1) is 6.92 Å². The van der Waals surface area contributed by atoms with E-state index in [9.17, 15) is 9.59 Å². The minimum absolute atomic E-state index is 0.0486. The zero-order chi connectivity index (χ0) is 30.0. The number of pyridine rings is 1. The number of fused-ring (bicyclic) bond motifs is 2. The van der Waals surface area contributed by atoms with Crippen molar-refractivity contribution in [3.63, 3.8) is 0 Å². The summed E-state index contributed by atoms with van der Waals surface area (Å²) < 4.78 is 14.7. The number of Topliss-reactive ketones (excluding diaryl/α,β-unsaturated/α-hetero) is 1. The predicted molar refractivity (Wildman–Crippen MR) is 167 cm³/mol. The first-order chi connectivity index (χ1) is 20.7. The molecule has 43 heavy (non-hydrogen) atoms. The Morgan fingerprint density at radius 3 is 2.14 bits per heavy atom. The van der Waals surface area contributed by atoms with Gasteiger partial charge in [-0.1, -0.05) is 44.2 Å². The van der Waals surface area contributed by atoms with Gasteiger partial charge in [0.1, 0.15) is 17.1 Å². The molecule has 0 fully saturated rings. The molecular weight excluding hydrogens is 538 g/mol. The molecule has 1 aliphatic carbocycles. The Hall–Kier alpha value is -5.17. The molecule has 0 bridgehead atoms. The molecule has 0 amide bonds. The van der Waals surface area contributed by atoms with Gasteiger partial charge in [0.15, 0.2) is 11.6 Å². The van der Waals surface area contributed by atoms with Crippen molar-refractivity contribution >= 4 is 28.1 Å². The van der Waals surface area contributed by atoms with E-state index in [0.29, 0.717) is 33.5 Å². The third kappa shape index (κ3) is 3.99. The van der Waals surface area contributed by atoms with Gasteiger partial charge in [0.25, 0.3) is 0 Å². The van der Waals surface area contributed by atoms with Crippen molar-refractivity contribution in [2.24, 2.45) is 0 Å². The second-order valence-corrected chi connectivity index (χ2v) is 11.7. The molecule has 0 saturated heterocycles. The molecule has 7 heteroatoms. The van der Waals surface area contributed by atoms with Gasteiger partial charge in [-0.2, -0.15) is 5.10 Å². The number of carbonyl (C=O) groups is 2. The number of methoxy groups -OCH3 is 2. The van der Waals surface area contributed by atoms with Crippen molar-refractivity contribution in [2.75, 3.05) is 14.2 Å². The number of nitrogens with zero attached hydrogens (tertiary/aromatic N) is 3. The van der Waals surface area contributed by atoms with Crippen LogP contribution in [0.1, 0.15) is 57.8 Å². The first-order valence-corrected chi connectivity index (χ1v) is 14.3. The molecule has 3 aromatic carbocycles. The smallest absolute Gasteiger partial charge is 0.194 e. The molecule has 0 spiro atoms. The van der Waals surface area contributed by atoms with Crippen LogP contribution in [-0.4, -0.2) is 40.0 Å². The van der Waals surface area contributed by atoms with E-state index in [0.717, 1.165) is 39.3 Å². The maximum Gasteiger partial charge on any atom is 0.194 e. The molecule has 3 heterocycles. The average Bonchev–Trinajstić information content (AvgIpc) is 3.59. The molecule has 214 valence electrons. The average molecular weight is 570 g/mol. The van der Waals surface area contributed by atoms with E-state index >= 15 is 0 Å².